The molecule has 4 heterocycles. The number of rotatable bonds is 5. The predicted molar refractivity (Wildman–Crippen MR) is 121 cm³/mol. The standard InChI is InChI=1S/C23H24N6O2S/c30-32(19-7-4-8-19)20-12-17-13-26-29(22(17)24-14-20)18-6-3-5-16(11-18)23-27-25-15-28(23)21-9-1-2-10-31-21/h3,5-6,11-15,19,21H,1-2,4,7-10H2. The van der Waals surface area contributed by atoms with Crippen molar-refractivity contribution in [1.29, 1.82) is 0 Å². The molecule has 1 aliphatic carbocycles. The molecular formula is C23H24N6O2S. The zero-order chi connectivity index (χ0) is 21.5. The number of fused-ring (bicyclic) bond motifs is 1. The van der Waals surface area contributed by atoms with Crippen molar-refractivity contribution in [1.82, 2.24) is 29.5 Å². The van der Waals surface area contributed by atoms with Crippen LogP contribution in [-0.4, -0.2) is 45.9 Å². The summed E-state index contributed by atoms with van der Waals surface area (Å²) in [4.78, 5) is 5.41. The van der Waals surface area contributed by atoms with Crippen molar-refractivity contribution < 1.29 is 9.29 Å². The topological polar surface area (TPSA) is 93.7 Å². The number of aromatic nitrogens is 6. The van der Waals surface area contributed by atoms with E-state index in [1.165, 1.54) is 6.42 Å². The van der Waals surface area contributed by atoms with E-state index in [9.17, 15) is 4.55 Å². The van der Waals surface area contributed by atoms with Crippen LogP contribution in [0.4, 0.5) is 0 Å². The third-order valence-corrected chi connectivity index (χ3v) is 8.12. The van der Waals surface area contributed by atoms with Gasteiger partial charge in [-0.3, -0.25) is 4.57 Å². The van der Waals surface area contributed by atoms with Crippen LogP contribution < -0.4 is 0 Å². The molecule has 8 nitrogen and oxygen atoms in total. The summed E-state index contributed by atoms with van der Waals surface area (Å²) < 4.78 is 22.5. The highest BCUT2D eigenvalue weighted by Gasteiger charge is 2.31. The molecular weight excluding hydrogens is 424 g/mol. The molecule has 2 unspecified atom stereocenters. The lowest BCUT2D eigenvalue weighted by molar-refractivity contribution is -0.0311. The van der Waals surface area contributed by atoms with Crippen LogP contribution in [0, 0.1) is 0 Å². The highest BCUT2D eigenvalue weighted by atomic mass is 32.2. The van der Waals surface area contributed by atoms with E-state index in [-0.39, 0.29) is 11.5 Å². The molecule has 2 aliphatic rings. The monoisotopic (exact) mass is 448 g/mol. The average molecular weight is 449 g/mol. The Hall–Kier alpha value is -2.75. The lowest BCUT2D eigenvalue weighted by Crippen LogP contribution is -2.28. The Balaban J connectivity index is 1.33. The van der Waals surface area contributed by atoms with E-state index >= 15 is 0 Å². The Morgan fingerprint density at radius 2 is 2.00 bits per heavy atom. The SMILES string of the molecule is [O-][S+](c1cnc2c(cnn2-c2cccc(-c3nncn3C3CCCCO3)c2)c1)C1CCC1. The summed E-state index contributed by atoms with van der Waals surface area (Å²) >= 11 is -0.991. The van der Waals surface area contributed by atoms with Crippen molar-refractivity contribution in [3.8, 4) is 17.1 Å². The minimum atomic E-state index is -0.991. The van der Waals surface area contributed by atoms with Crippen LogP contribution in [0.15, 0.2) is 53.9 Å². The Morgan fingerprint density at radius 3 is 2.81 bits per heavy atom. The van der Waals surface area contributed by atoms with Gasteiger partial charge in [-0.05, 0) is 61.8 Å². The van der Waals surface area contributed by atoms with E-state index in [1.54, 1.807) is 18.7 Å². The molecule has 1 saturated heterocycles. The molecule has 2 atom stereocenters. The Morgan fingerprint density at radius 1 is 1.06 bits per heavy atom. The molecule has 9 heteroatoms. The van der Waals surface area contributed by atoms with E-state index < -0.39 is 11.2 Å². The van der Waals surface area contributed by atoms with Gasteiger partial charge >= 0.3 is 0 Å². The Labute approximate surface area is 188 Å². The van der Waals surface area contributed by atoms with Crippen LogP contribution in [0.2, 0.25) is 0 Å². The molecule has 0 spiro atoms. The zero-order valence-corrected chi connectivity index (χ0v) is 18.4. The van der Waals surface area contributed by atoms with Crippen molar-refractivity contribution in [3.63, 3.8) is 0 Å². The number of hydrogen-bond donors (Lipinski definition) is 0. The van der Waals surface area contributed by atoms with Gasteiger partial charge in [-0.1, -0.05) is 12.1 Å². The fourth-order valence-electron chi connectivity index (χ4n) is 4.36. The largest absolute Gasteiger partial charge is 0.611 e. The Kier molecular flexibility index (Phi) is 5.17. The lowest BCUT2D eigenvalue weighted by atomic mass is 10.00. The van der Waals surface area contributed by atoms with Gasteiger partial charge in [0, 0.05) is 23.6 Å². The maximum absolute atomic E-state index is 12.7. The van der Waals surface area contributed by atoms with E-state index in [0.29, 0.717) is 0 Å². The van der Waals surface area contributed by atoms with E-state index in [0.717, 1.165) is 71.7 Å². The van der Waals surface area contributed by atoms with Crippen molar-refractivity contribution in [2.75, 3.05) is 6.61 Å². The molecule has 164 valence electrons. The molecule has 0 N–H and O–H groups in total. The van der Waals surface area contributed by atoms with Crippen LogP contribution in [0.5, 0.6) is 0 Å². The van der Waals surface area contributed by atoms with E-state index in [2.05, 4.69) is 20.3 Å². The third kappa shape index (κ3) is 3.50. The fourth-order valence-corrected chi connectivity index (χ4v) is 5.90. The first-order valence-corrected chi connectivity index (χ1v) is 12.4. The Bertz CT molecular complexity index is 1240. The fraction of sp³-hybridized carbons (Fsp3) is 0.391. The van der Waals surface area contributed by atoms with Crippen molar-refractivity contribution in [2.24, 2.45) is 0 Å². The number of pyridine rings is 1. The van der Waals surface area contributed by atoms with Crippen LogP contribution in [0.25, 0.3) is 28.1 Å². The normalized spacial score (nSPS) is 20.3. The molecule has 6 rings (SSSR count). The van der Waals surface area contributed by atoms with Crippen molar-refractivity contribution >= 4 is 22.2 Å². The van der Waals surface area contributed by atoms with Crippen LogP contribution in [-0.2, 0) is 15.9 Å². The first kappa shape index (κ1) is 19.9. The summed E-state index contributed by atoms with van der Waals surface area (Å²) in [6.45, 7) is 0.765. The van der Waals surface area contributed by atoms with Gasteiger partial charge in [0.1, 0.15) is 17.8 Å². The molecule has 1 aromatic carbocycles. The highest BCUT2D eigenvalue weighted by molar-refractivity contribution is 7.92. The molecule has 1 aliphatic heterocycles. The number of nitrogens with zero attached hydrogens (tertiary/aromatic N) is 6. The second-order valence-electron chi connectivity index (χ2n) is 8.42. The molecule has 1 saturated carbocycles. The van der Waals surface area contributed by atoms with Gasteiger partial charge in [-0.25, -0.2) is 9.67 Å². The van der Waals surface area contributed by atoms with Crippen LogP contribution in [0.1, 0.15) is 44.8 Å². The first-order valence-electron chi connectivity index (χ1n) is 11.1. The number of benzene rings is 1. The second kappa shape index (κ2) is 8.31. The maximum atomic E-state index is 12.7. The molecule has 3 aromatic heterocycles. The van der Waals surface area contributed by atoms with E-state index in [4.69, 9.17) is 4.74 Å². The predicted octanol–water partition coefficient (Wildman–Crippen LogP) is 4.04. The summed E-state index contributed by atoms with van der Waals surface area (Å²) in [5, 5.41) is 14.2. The lowest BCUT2D eigenvalue weighted by Gasteiger charge is -2.27. The van der Waals surface area contributed by atoms with Crippen molar-refractivity contribution in [2.45, 2.75) is 54.9 Å². The van der Waals surface area contributed by atoms with Crippen LogP contribution in [0.3, 0.4) is 0 Å². The smallest absolute Gasteiger partial charge is 0.172 e. The van der Waals surface area contributed by atoms with E-state index in [1.807, 2.05) is 39.6 Å². The summed E-state index contributed by atoms with van der Waals surface area (Å²) in [5.74, 6) is 0.779. The van der Waals surface area contributed by atoms with Gasteiger partial charge in [0.25, 0.3) is 0 Å². The maximum Gasteiger partial charge on any atom is 0.172 e. The quantitative estimate of drug-likeness (QED) is 0.428. The van der Waals surface area contributed by atoms with Gasteiger partial charge in [-0.2, -0.15) is 5.10 Å². The summed E-state index contributed by atoms with van der Waals surface area (Å²) in [6, 6.07) is 10.00. The number of ether oxygens (including phenoxy) is 1. The zero-order valence-electron chi connectivity index (χ0n) is 17.6. The molecule has 32 heavy (non-hydrogen) atoms. The third-order valence-electron chi connectivity index (χ3n) is 6.36. The molecule has 4 aromatic rings. The van der Waals surface area contributed by atoms with Gasteiger partial charge in [0.05, 0.1) is 18.1 Å². The molecule has 0 bridgehead atoms. The molecule has 0 radical (unpaired) electrons. The first-order chi connectivity index (χ1) is 15.8. The number of hydrogen-bond acceptors (Lipinski definition) is 6. The van der Waals surface area contributed by atoms with Crippen LogP contribution >= 0.6 is 0 Å². The minimum absolute atomic E-state index is 0.0282. The van der Waals surface area contributed by atoms with Gasteiger partial charge in [0.2, 0.25) is 0 Å². The molecule has 2 fully saturated rings. The second-order valence-corrected chi connectivity index (χ2v) is 10.2. The summed E-state index contributed by atoms with van der Waals surface area (Å²) in [7, 11) is 0. The molecule has 0 amide bonds. The van der Waals surface area contributed by atoms with Gasteiger partial charge in [-0.15, -0.1) is 10.2 Å². The summed E-state index contributed by atoms with van der Waals surface area (Å²) in [6.07, 6.45) is 11.7. The highest BCUT2D eigenvalue weighted by Crippen LogP contribution is 2.32. The summed E-state index contributed by atoms with van der Waals surface area (Å²) in [5.41, 5.74) is 2.58. The average Bonchev–Trinajstić information content (AvgIpc) is 3.45. The van der Waals surface area contributed by atoms with Gasteiger partial charge < -0.3 is 9.29 Å². The van der Waals surface area contributed by atoms with Gasteiger partial charge in [0.15, 0.2) is 16.4 Å². The minimum Gasteiger partial charge on any atom is -0.611 e. The van der Waals surface area contributed by atoms with Crippen molar-refractivity contribution in [3.05, 3.63) is 49.1 Å².